The first-order chi connectivity index (χ1) is 9.48. The van der Waals surface area contributed by atoms with Crippen molar-refractivity contribution >= 4 is 17.3 Å². The van der Waals surface area contributed by atoms with E-state index in [9.17, 15) is 20.0 Å². The molecule has 0 heterocycles. The van der Waals surface area contributed by atoms with Crippen molar-refractivity contribution in [1.82, 2.24) is 0 Å². The molecule has 0 atom stereocenters. The Morgan fingerprint density at radius 2 is 2.10 bits per heavy atom. The average molecular weight is 279 g/mol. The maximum Gasteiger partial charge on any atom is 0.271 e. The lowest BCUT2D eigenvalue weighted by Gasteiger charge is -2.25. The van der Waals surface area contributed by atoms with Gasteiger partial charge in [0.1, 0.15) is 5.75 Å². The number of rotatable bonds is 4. The van der Waals surface area contributed by atoms with Crippen molar-refractivity contribution in [3.8, 4) is 5.75 Å². The number of phenols is 1. The number of anilines is 1. The second-order valence-corrected chi connectivity index (χ2v) is 5.10. The maximum atomic E-state index is 12.3. The number of nitro groups is 1. The average Bonchev–Trinajstić information content (AvgIpc) is 2.91. The zero-order valence-electron chi connectivity index (χ0n) is 11.0. The molecule has 0 saturated heterocycles. The minimum Gasteiger partial charge on any atom is -0.506 e. The Bertz CT molecular complexity index is 538. The van der Waals surface area contributed by atoms with Crippen LogP contribution in [0.25, 0.3) is 0 Å². The summed E-state index contributed by atoms with van der Waals surface area (Å²) >= 11 is 0. The molecule has 0 aliphatic heterocycles. The van der Waals surface area contributed by atoms with Gasteiger partial charge in [-0.1, -0.05) is 12.8 Å². The smallest absolute Gasteiger partial charge is 0.271 e. The molecule has 20 heavy (non-hydrogen) atoms. The van der Waals surface area contributed by atoms with Crippen LogP contribution < -0.4 is 11.1 Å². The van der Waals surface area contributed by atoms with Crippen molar-refractivity contribution in [2.75, 3.05) is 11.9 Å². The standard InChI is InChI=1S/C13H17N3O4/c14-8-13(5-1-2-6-13)12(18)15-10-7-9(16(19)20)3-4-11(10)17/h3-4,7,17H,1-2,5-6,8,14H2,(H,15,18). The van der Waals surface area contributed by atoms with Gasteiger partial charge in [0, 0.05) is 18.7 Å². The fourth-order valence-corrected chi connectivity index (χ4v) is 2.57. The van der Waals surface area contributed by atoms with Crippen LogP contribution >= 0.6 is 0 Å². The third-order valence-electron chi connectivity index (χ3n) is 3.87. The molecule has 1 aromatic rings. The first-order valence-electron chi connectivity index (χ1n) is 6.47. The van der Waals surface area contributed by atoms with Crippen LogP contribution in [0.2, 0.25) is 0 Å². The largest absolute Gasteiger partial charge is 0.506 e. The molecule has 1 fully saturated rings. The number of carbonyl (C=O) groups excluding carboxylic acids is 1. The molecule has 0 aromatic heterocycles. The highest BCUT2D eigenvalue weighted by molar-refractivity contribution is 5.97. The summed E-state index contributed by atoms with van der Waals surface area (Å²) in [7, 11) is 0. The fraction of sp³-hybridized carbons (Fsp3) is 0.462. The van der Waals surface area contributed by atoms with Gasteiger partial charge in [-0.05, 0) is 18.9 Å². The number of carbonyl (C=O) groups is 1. The van der Waals surface area contributed by atoms with Gasteiger partial charge in [-0.2, -0.15) is 0 Å². The number of hydrogen-bond donors (Lipinski definition) is 3. The molecule has 0 bridgehead atoms. The Balaban J connectivity index is 2.23. The number of benzene rings is 1. The number of nitrogens with two attached hydrogens (primary N) is 1. The van der Waals surface area contributed by atoms with Gasteiger partial charge in [0.2, 0.25) is 5.91 Å². The van der Waals surface area contributed by atoms with Crippen LogP contribution in [-0.2, 0) is 4.79 Å². The number of hydrogen-bond acceptors (Lipinski definition) is 5. The first-order valence-corrected chi connectivity index (χ1v) is 6.47. The second-order valence-electron chi connectivity index (χ2n) is 5.10. The lowest BCUT2D eigenvalue weighted by atomic mass is 9.85. The van der Waals surface area contributed by atoms with E-state index in [0.717, 1.165) is 18.9 Å². The Morgan fingerprint density at radius 3 is 2.65 bits per heavy atom. The molecule has 7 heteroatoms. The summed E-state index contributed by atoms with van der Waals surface area (Å²) in [6.45, 7) is 0.231. The monoisotopic (exact) mass is 279 g/mol. The highest BCUT2D eigenvalue weighted by Gasteiger charge is 2.40. The summed E-state index contributed by atoms with van der Waals surface area (Å²) in [6, 6.07) is 3.52. The van der Waals surface area contributed by atoms with E-state index in [1.165, 1.54) is 12.1 Å². The van der Waals surface area contributed by atoms with Gasteiger partial charge in [0.05, 0.1) is 16.0 Å². The quantitative estimate of drug-likeness (QED) is 0.441. The molecule has 108 valence electrons. The molecule has 2 rings (SSSR count). The van der Waals surface area contributed by atoms with Crippen molar-refractivity contribution in [3.05, 3.63) is 28.3 Å². The van der Waals surface area contributed by atoms with E-state index in [-0.39, 0.29) is 29.6 Å². The van der Waals surface area contributed by atoms with Gasteiger partial charge in [-0.15, -0.1) is 0 Å². The summed E-state index contributed by atoms with van der Waals surface area (Å²) in [6.07, 6.45) is 3.27. The molecular formula is C13H17N3O4. The van der Waals surface area contributed by atoms with E-state index in [1.807, 2.05) is 0 Å². The van der Waals surface area contributed by atoms with Crippen LogP contribution in [-0.4, -0.2) is 22.5 Å². The fourth-order valence-electron chi connectivity index (χ4n) is 2.57. The van der Waals surface area contributed by atoms with Crippen molar-refractivity contribution < 1.29 is 14.8 Å². The van der Waals surface area contributed by atoms with Gasteiger partial charge in [0.15, 0.2) is 0 Å². The number of nitrogens with zero attached hydrogens (tertiary/aromatic N) is 1. The van der Waals surface area contributed by atoms with Gasteiger partial charge in [-0.25, -0.2) is 0 Å². The van der Waals surface area contributed by atoms with Crippen LogP contribution in [0.5, 0.6) is 5.75 Å². The Labute approximate surface area is 115 Å². The molecule has 4 N–H and O–H groups in total. The molecule has 0 unspecified atom stereocenters. The number of phenolic OH excluding ortho intramolecular Hbond substituents is 1. The van der Waals surface area contributed by atoms with Crippen molar-refractivity contribution in [2.24, 2.45) is 11.1 Å². The van der Waals surface area contributed by atoms with E-state index in [2.05, 4.69) is 5.32 Å². The number of nitro benzene ring substituents is 1. The van der Waals surface area contributed by atoms with E-state index >= 15 is 0 Å². The molecular weight excluding hydrogens is 262 g/mol. The van der Waals surface area contributed by atoms with E-state index in [4.69, 9.17) is 5.73 Å². The Morgan fingerprint density at radius 1 is 1.45 bits per heavy atom. The predicted molar refractivity (Wildman–Crippen MR) is 73.3 cm³/mol. The van der Waals surface area contributed by atoms with E-state index in [1.54, 1.807) is 0 Å². The molecule has 1 saturated carbocycles. The molecule has 0 radical (unpaired) electrons. The van der Waals surface area contributed by atoms with Crippen molar-refractivity contribution in [1.29, 1.82) is 0 Å². The number of aromatic hydroxyl groups is 1. The minimum absolute atomic E-state index is 0.0453. The molecule has 1 amide bonds. The van der Waals surface area contributed by atoms with Gasteiger partial charge < -0.3 is 16.2 Å². The molecule has 1 aliphatic carbocycles. The second kappa shape index (κ2) is 5.46. The lowest BCUT2D eigenvalue weighted by molar-refractivity contribution is -0.384. The summed E-state index contributed by atoms with van der Waals surface area (Å²) in [5, 5.41) is 23.0. The van der Waals surface area contributed by atoms with Gasteiger partial charge in [0.25, 0.3) is 5.69 Å². The summed E-state index contributed by atoms with van der Waals surface area (Å²) in [4.78, 5) is 22.5. The highest BCUT2D eigenvalue weighted by atomic mass is 16.6. The SMILES string of the molecule is NCC1(C(=O)Nc2cc([N+](=O)[O-])ccc2O)CCCC1. The lowest BCUT2D eigenvalue weighted by Crippen LogP contribution is -2.40. The molecule has 7 nitrogen and oxygen atoms in total. The number of amides is 1. The Kier molecular flexibility index (Phi) is 3.89. The Hall–Kier alpha value is -2.15. The third-order valence-corrected chi connectivity index (χ3v) is 3.87. The van der Waals surface area contributed by atoms with Crippen LogP contribution in [0.1, 0.15) is 25.7 Å². The van der Waals surface area contributed by atoms with E-state index < -0.39 is 10.3 Å². The zero-order valence-corrected chi connectivity index (χ0v) is 11.0. The summed E-state index contributed by atoms with van der Waals surface area (Å²) < 4.78 is 0. The maximum absolute atomic E-state index is 12.3. The summed E-state index contributed by atoms with van der Waals surface area (Å²) in [5.74, 6) is -0.484. The van der Waals surface area contributed by atoms with Gasteiger partial charge in [-0.3, -0.25) is 14.9 Å². The first kappa shape index (κ1) is 14.3. The number of non-ortho nitro benzene ring substituents is 1. The zero-order chi connectivity index (χ0) is 14.8. The predicted octanol–water partition coefficient (Wildman–Crippen LogP) is 1.76. The van der Waals surface area contributed by atoms with Crippen LogP contribution in [0, 0.1) is 15.5 Å². The van der Waals surface area contributed by atoms with Crippen LogP contribution in [0.3, 0.4) is 0 Å². The van der Waals surface area contributed by atoms with E-state index in [0.29, 0.717) is 12.8 Å². The van der Waals surface area contributed by atoms with Crippen LogP contribution in [0.4, 0.5) is 11.4 Å². The van der Waals surface area contributed by atoms with Crippen molar-refractivity contribution in [3.63, 3.8) is 0 Å². The minimum atomic E-state index is -0.628. The molecule has 0 spiro atoms. The van der Waals surface area contributed by atoms with Crippen molar-refractivity contribution in [2.45, 2.75) is 25.7 Å². The summed E-state index contributed by atoms with van der Waals surface area (Å²) in [5.41, 5.74) is 4.94. The highest BCUT2D eigenvalue weighted by Crippen LogP contribution is 2.39. The molecule has 1 aliphatic rings. The van der Waals surface area contributed by atoms with Crippen LogP contribution in [0.15, 0.2) is 18.2 Å². The topological polar surface area (TPSA) is 118 Å². The third kappa shape index (κ3) is 2.57. The van der Waals surface area contributed by atoms with Gasteiger partial charge >= 0.3 is 0 Å². The number of nitrogens with one attached hydrogen (secondary N) is 1. The molecule has 1 aromatic carbocycles. The normalized spacial score (nSPS) is 16.9.